The first-order valence-electron chi connectivity index (χ1n) is 4.12. The van der Waals surface area contributed by atoms with Crippen molar-refractivity contribution in [2.24, 2.45) is 0 Å². The lowest BCUT2D eigenvalue weighted by Crippen LogP contribution is -2.18. The lowest BCUT2D eigenvalue weighted by Gasteiger charge is -2.01. The molecule has 0 radical (unpaired) electrons. The Balaban J connectivity index is 2.16. The number of rotatable bonds is 5. The smallest absolute Gasteiger partial charge is 0.0701 e. The molecule has 0 aliphatic carbocycles. The van der Waals surface area contributed by atoms with Crippen LogP contribution in [0.5, 0.6) is 0 Å². The summed E-state index contributed by atoms with van der Waals surface area (Å²) in [7, 11) is 0. The fourth-order valence-electron chi connectivity index (χ4n) is 0.944. The summed E-state index contributed by atoms with van der Waals surface area (Å²) in [6.07, 6.45) is 1.02. The molecule has 0 spiro atoms. The minimum absolute atomic E-state index is 0.637. The first-order chi connectivity index (χ1) is 6.72. The Labute approximate surface area is 106 Å². The molecule has 0 aliphatic heterocycles. The number of halogens is 3. The van der Waals surface area contributed by atoms with E-state index in [4.69, 9.17) is 23.2 Å². The van der Waals surface area contributed by atoms with E-state index >= 15 is 0 Å². The van der Waals surface area contributed by atoms with Crippen molar-refractivity contribution in [1.82, 2.24) is 5.32 Å². The van der Waals surface area contributed by atoms with Gasteiger partial charge in [-0.15, -0.1) is 11.3 Å². The van der Waals surface area contributed by atoms with Crippen LogP contribution in [-0.2, 0) is 6.42 Å². The molecule has 0 saturated carbocycles. The molecule has 0 bridgehead atoms. The molecule has 0 atom stereocenters. The second-order valence-corrected chi connectivity index (χ2v) is 5.94. The standard InChI is InChI=1S/C9H10BrCl2NS/c10-9-2-1-8(14-9)3-4-13-6-7(12)5-11/h1-2,5,13H,3-4,6H2/b7-5+. The zero-order valence-electron chi connectivity index (χ0n) is 7.40. The van der Waals surface area contributed by atoms with Gasteiger partial charge in [0.2, 0.25) is 0 Å². The monoisotopic (exact) mass is 313 g/mol. The quantitative estimate of drug-likeness (QED) is 0.811. The predicted molar refractivity (Wildman–Crippen MR) is 68.4 cm³/mol. The zero-order chi connectivity index (χ0) is 10.4. The molecule has 0 aliphatic rings. The summed E-state index contributed by atoms with van der Waals surface area (Å²) in [5, 5.41) is 3.84. The Hall–Kier alpha value is 0.460. The van der Waals surface area contributed by atoms with E-state index in [0.29, 0.717) is 11.6 Å². The van der Waals surface area contributed by atoms with Crippen LogP contribution >= 0.6 is 50.5 Å². The van der Waals surface area contributed by atoms with Gasteiger partial charge in [-0.2, -0.15) is 0 Å². The van der Waals surface area contributed by atoms with Crippen molar-refractivity contribution in [3.63, 3.8) is 0 Å². The van der Waals surface area contributed by atoms with Gasteiger partial charge in [-0.1, -0.05) is 23.2 Å². The number of hydrogen-bond donors (Lipinski definition) is 1. The minimum Gasteiger partial charge on any atom is -0.311 e. The average molecular weight is 315 g/mol. The van der Waals surface area contributed by atoms with Gasteiger partial charge in [0.05, 0.1) is 3.79 Å². The molecule has 1 aromatic rings. The van der Waals surface area contributed by atoms with Crippen LogP contribution < -0.4 is 5.32 Å². The maximum atomic E-state index is 5.71. The van der Waals surface area contributed by atoms with Crippen molar-refractivity contribution >= 4 is 50.5 Å². The molecular weight excluding hydrogens is 305 g/mol. The molecule has 0 aromatic carbocycles. The van der Waals surface area contributed by atoms with Crippen molar-refractivity contribution < 1.29 is 0 Å². The highest BCUT2D eigenvalue weighted by molar-refractivity contribution is 9.11. The second-order valence-electron chi connectivity index (χ2n) is 2.69. The van der Waals surface area contributed by atoms with Crippen LogP contribution in [0.1, 0.15) is 4.88 Å². The van der Waals surface area contributed by atoms with Crippen LogP contribution in [0, 0.1) is 0 Å². The van der Waals surface area contributed by atoms with E-state index in [-0.39, 0.29) is 0 Å². The number of hydrogen-bond acceptors (Lipinski definition) is 2. The fraction of sp³-hybridized carbons (Fsp3) is 0.333. The lowest BCUT2D eigenvalue weighted by atomic mass is 10.3. The Kier molecular flexibility index (Phi) is 6.13. The van der Waals surface area contributed by atoms with Crippen molar-refractivity contribution in [2.75, 3.05) is 13.1 Å². The number of nitrogens with one attached hydrogen (secondary N) is 1. The molecule has 0 amide bonds. The topological polar surface area (TPSA) is 12.0 Å². The molecular formula is C9H10BrCl2NS. The number of thiophene rings is 1. The van der Waals surface area contributed by atoms with E-state index in [2.05, 4.69) is 33.4 Å². The Morgan fingerprint density at radius 1 is 1.57 bits per heavy atom. The van der Waals surface area contributed by atoms with E-state index < -0.39 is 0 Å². The molecule has 1 aromatic heterocycles. The van der Waals surface area contributed by atoms with Crippen LogP contribution in [0.2, 0.25) is 0 Å². The highest BCUT2D eigenvalue weighted by Gasteiger charge is 1.97. The van der Waals surface area contributed by atoms with Crippen molar-refractivity contribution in [3.05, 3.63) is 31.4 Å². The molecule has 5 heteroatoms. The van der Waals surface area contributed by atoms with E-state index in [1.165, 1.54) is 14.2 Å². The van der Waals surface area contributed by atoms with Crippen molar-refractivity contribution in [3.8, 4) is 0 Å². The van der Waals surface area contributed by atoms with Crippen LogP contribution in [-0.4, -0.2) is 13.1 Å². The maximum Gasteiger partial charge on any atom is 0.0701 e. The highest BCUT2D eigenvalue weighted by Crippen LogP contribution is 2.21. The van der Waals surface area contributed by atoms with Gasteiger partial charge in [0.25, 0.3) is 0 Å². The summed E-state index contributed by atoms with van der Waals surface area (Å²) in [5.41, 5.74) is 1.39. The van der Waals surface area contributed by atoms with Gasteiger partial charge >= 0.3 is 0 Å². The normalized spacial score (nSPS) is 12.1. The van der Waals surface area contributed by atoms with Crippen molar-refractivity contribution in [2.45, 2.75) is 6.42 Å². The summed E-state index contributed by atoms with van der Waals surface area (Å²) in [6, 6.07) is 4.18. The van der Waals surface area contributed by atoms with Gasteiger partial charge in [-0.05, 0) is 34.5 Å². The minimum atomic E-state index is 0.637. The molecule has 0 unspecified atom stereocenters. The molecule has 0 saturated heterocycles. The third kappa shape index (κ3) is 4.80. The SMILES string of the molecule is Cl/C=C(/Cl)CNCCc1ccc(Br)s1. The molecule has 1 nitrogen and oxygen atoms in total. The van der Waals surface area contributed by atoms with E-state index in [9.17, 15) is 0 Å². The summed E-state index contributed by atoms with van der Waals surface area (Å²) in [6.45, 7) is 1.55. The van der Waals surface area contributed by atoms with Crippen LogP contribution in [0.25, 0.3) is 0 Å². The van der Waals surface area contributed by atoms with E-state index in [0.717, 1.165) is 13.0 Å². The summed E-state index contributed by atoms with van der Waals surface area (Å²) in [4.78, 5) is 1.36. The lowest BCUT2D eigenvalue weighted by molar-refractivity contribution is 0.745. The van der Waals surface area contributed by atoms with Gasteiger partial charge in [0, 0.05) is 28.5 Å². The fourth-order valence-corrected chi connectivity index (χ4v) is 2.60. The largest absolute Gasteiger partial charge is 0.311 e. The van der Waals surface area contributed by atoms with Gasteiger partial charge in [0.1, 0.15) is 0 Å². The van der Waals surface area contributed by atoms with E-state index in [1.807, 2.05) is 0 Å². The van der Waals surface area contributed by atoms with Crippen LogP contribution in [0.3, 0.4) is 0 Å². The van der Waals surface area contributed by atoms with Gasteiger partial charge in [-0.25, -0.2) is 0 Å². The molecule has 1 rings (SSSR count). The van der Waals surface area contributed by atoms with Gasteiger partial charge in [-0.3, -0.25) is 0 Å². The average Bonchev–Trinajstić information content (AvgIpc) is 2.58. The summed E-state index contributed by atoms with van der Waals surface area (Å²) < 4.78 is 1.17. The molecule has 14 heavy (non-hydrogen) atoms. The van der Waals surface area contributed by atoms with Crippen molar-refractivity contribution in [1.29, 1.82) is 0 Å². The van der Waals surface area contributed by atoms with Crippen LogP contribution in [0.4, 0.5) is 0 Å². The second kappa shape index (κ2) is 6.85. The maximum absolute atomic E-state index is 5.71. The van der Waals surface area contributed by atoms with E-state index in [1.54, 1.807) is 11.3 Å². The molecule has 1 heterocycles. The Bertz CT molecular complexity index is 312. The Morgan fingerprint density at radius 3 is 2.93 bits per heavy atom. The highest BCUT2D eigenvalue weighted by atomic mass is 79.9. The first kappa shape index (κ1) is 12.5. The molecule has 78 valence electrons. The van der Waals surface area contributed by atoms with Gasteiger partial charge in [0.15, 0.2) is 0 Å². The predicted octanol–water partition coefficient (Wildman–Crippen LogP) is 3.96. The first-order valence-corrected chi connectivity index (χ1v) is 6.54. The third-order valence-electron chi connectivity index (χ3n) is 1.59. The summed E-state index contributed by atoms with van der Waals surface area (Å²) in [5.74, 6) is 0. The summed E-state index contributed by atoms with van der Waals surface area (Å²) >= 11 is 16.3. The molecule has 1 N–H and O–H groups in total. The molecule has 0 fully saturated rings. The third-order valence-corrected chi connectivity index (χ3v) is 3.89. The van der Waals surface area contributed by atoms with Crippen LogP contribution in [0.15, 0.2) is 26.5 Å². The Morgan fingerprint density at radius 2 is 2.36 bits per heavy atom. The van der Waals surface area contributed by atoms with Gasteiger partial charge < -0.3 is 5.32 Å². The zero-order valence-corrected chi connectivity index (χ0v) is 11.3.